The van der Waals surface area contributed by atoms with Crippen LogP contribution in [-0.2, 0) is 15.6 Å². The van der Waals surface area contributed by atoms with E-state index in [1.54, 1.807) is 0 Å². The van der Waals surface area contributed by atoms with E-state index in [0.29, 0.717) is 13.0 Å². The van der Waals surface area contributed by atoms with Gasteiger partial charge in [0.15, 0.2) is 0 Å². The molecule has 18 heavy (non-hydrogen) atoms. The van der Waals surface area contributed by atoms with Gasteiger partial charge in [0.2, 0.25) is 5.91 Å². The minimum Gasteiger partial charge on any atom is -0.330 e. The Hall–Kier alpha value is -1.20. The fourth-order valence-corrected chi connectivity index (χ4v) is 2.57. The van der Waals surface area contributed by atoms with Crippen molar-refractivity contribution >= 4 is 22.4 Å². The van der Waals surface area contributed by atoms with E-state index in [1.807, 2.05) is 38.1 Å². The molecule has 1 amide bonds. The van der Waals surface area contributed by atoms with Gasteiger partial charge in [-0.25, -0.2) is 0 Å². The Morgan fingerprint density at radius 1 is 1.50 bits per heavy atom. The van der Waals surface area contributed by atoms with Crippen LogP contribution in [0.5, 0.6) is 0 Å². The van der Waals surface area contributed by atoms with Gasteiger partial charge in [-0.1, -0.05) is 19.1 Å². The van der Waals surface area contributed by atoms with Crippen molar-refractivity contribution in [2.75, 3.05) is 17.6 Å². The van der Waals surface area contributed by atoms with Crippen molar-refractivity contribution in [3.05, 3.63) is 29.8 Å². The predicted molar refractivity (Wildman–Crippen MR) is 76.0 cm³/mol. The van der Waals surface area contributed by atoms with Gasteiger partial charge in [-0.15, -0.1) is 0 Å². The van der Waals surface area contributed by atoms with E-state index in [0.717, 1.165) is 11.3 Å². The average Bonchev–Trinajstić information content (AvgIpc) is 2.28. The topological polar surface area (TPSA) is 72.2 Å². The van der Waals surface area contributed by atoms with E-state index in [-0.39, 0.29) is 16.9 Å². The first kappa shape index (κ1) is 14.9. The number of carbonyl (C=O) groups is 1. The van der Waals surface area contributed by atoms with Crippen LogP contribution in [-0.4, -0.2) is 27.7 Å². The monoisotopic (exact) mass is 268 g/mol. The highest BCUT2D eigenvalue weighted by Crippen LogP contribution is 2.10. The number of nitrogens with one attached hydrogen (secondary N) is 1. The van der Waals surface area contributed by atoms with Gasteiger partial charge in [0.1, 0.15) is 5.75 Å². The highest BCUT2D eigenvalue weighted by Gasteiger charge is 2.14. The molecule has 5 heteroatoms. The first-order valence-electron chi connectivity index (χ1n) is 5.96. The van der Waals surface area contributed by atoms with E-state index in [2.05, 4.69) is 5.32 Å². The lowest BCUT2D eigenvalue weighted by molar-refractivity contribution is -0.113. The Labute approximate surface area is 110 Å². The molecule has 0 aliphatic rings. The molecule has 4 nitrogen and oxygen atoms in total. The molecule has 0 aromatic heterocycles. The fourth-order valence-electron chi connectivity index (χ4n) is 1.56. The van der Waals surface area contributed by atoms with Crippen LogP contribution in [0, 0.1) is 6.92 Å². The van der Waals surface area contributed by atoms with Gasteiger partial charge in [0.05, 0.1) is 0 Å². The summed E-state index contributed by atoms with van der Waals surface area (Å²) in [5.41, 5.74) is 7.22. The molecule has 3 N–H and O–H groups in total. The Kier molecular flexibility index (Phi) is 6.01. The molecule has 0 fully saturated rings. The zero-order valence-electron chi connectivity index (χ0n) is 10.8. The van der Waals surface area contributed by atoms with Crippen LogP contribution in [0.2, 0.25) is 0 Å². The molecule has 1 aromatic rings. The minimum absolute atomic E-state index is 0.0229. The standard InChI is InChI=1S/C13H20N2O2S/c1-10-4-3-5-12(8-10)15-13(16)9-18(17)11(2)6-7-14/h3-5,8,11H,6-7,9,14H2,1-2H3,(H,15,16). The van der Waals surface area contributed by atoms with Crippen molar-refractivity contribution in [3.63, 3.8) is 0 Å². The predicted octanol–water partition coefficient (Wildman–Crippen LogP) is 1.42. The lowest BCUT2D eigenvalue weighted by Gasteiger charge is -2.10. The average molecular weight is 268 g/mol. The first-order valence-corrected chi connectivity index (χ1v) is 7.35. The van der Waals surface area contributed by atoms with Crippen LogP contribution >= 0.6 is 0 Å². The molecule has 0 aliphatic carbocycles. The van der Waals surface area contributed by atoms with Crippen LogP contribution in [0.25, 0.3) is 0 Å². The van der Waals surface area contributed by atoms with Gasteiger partial charge in [-0.2, -0.15) is 0 Å². The summed E-state index contributed by atoms with van der Waals surface area (Å²) in [6, 6.07) is 7.53. The zero-order valence-corrected chi connectivity index (χ0v) is 11.6. The van der Waals surface area contributed by atoms with Crippen LogP contribution in [0.1, 0.15) is 18.9 Å². The quantitative estimate of drug-likeness (QED) is 0.819. The van der Waals surface area contributed by atoms with Crippen LogP contribution < -0.4 is 11.1 Å². The molecule has 0 saturated carbocycles. The molecule has 2 unspecified atom stereocenters. The number of aryl methyl sites for hydroxylation is 1. The highest BCUT2D eigenvalue weighted by atomic mass is 32.2. The molecule has 0 radical (unpaired) electrons. The highest BCUT2D eigenvalue weighted by molar-refractivity contribution is 7.86. The summed E-state index contributed by atoms with van der Waals surface area (Å²) in [7, 11) is -1.17. The molecular weight excluding hydrogens is 248 g/mol. The molecular formula is C13H20N2O2S. The SMILES string of the molecule is Cc1cccc(NC(=O)CS(=O)C(C)CCN)c1. The van der Waals surface area contributed by atoms with Gasteiger partial charge in [0.25, 0.3) is 0 Å². The lowest BCUT2D eigenvalue weighted by Crippen LogP contribution is -2.26. The van der Waals surface area contributed by atoms with Crippen LogP contribution in [0.15, 0.2) is 24.3 Å². The Morgan fingerprint density at radius 2 is 2.22 bits per heavy atom. The zero-order chi connectivity index (χ0) is 13.5. The third-order valence-electron chi connectivity index (χ3n) is 2.60. The summed E-state index contributed by atoms with van der Waals surface area (Å²) in [4.78, 5) is 11.7. The van der Waals surface area contributed by atoms with Crippen LogP contribution in [0.4, 0.5) is 5.69 Å². The number of anilines is 1. The molecule has 2 atom stereocenters. The number of amides is 1. The number of hydrogen-bond donors (Lipinski definition) is 2. The van der Waals surface area contributed by atoms with Crippen LogP contribution in [0.3, 0.4) is 0 Å². The van der Waals surface area contributed by atoms with Crippen molar-refractivity contribution in [1.29, 1.82) is 0 Å². The molecule has 0 heterocycles. The number of rotatable bonds is 6. The molecule has 0 aliphatic heterocycles. The van der Waals surface area contributed by atoms with Gasteiger partial charge >= 0.3 is 0 Å². The third kappa shape index (κ3) is 4.98. The Morgan fingerprint density at radius 3 is 2.83 bits per heavy atom. The van der Waals surface area contributed by atoms with Crippen molar-refractivity contribution < 1.29 is 9.00 Å². The molecule has 100 valence electrons. The molecule has 0 saturated heterocycles. The maximum atomic E-state index is 11.8. The lowest BCUT2D eigenvalue weighted by atomic mass is 10.2. The second-order valence-electron chi connectivity index (χ2n) is 4.33. The number of hydrogen-bond acceptors (Lipinski definition) is 3. The molecule has 0 spiro atoms. The van der Waals surface area contributed by atoms with Crippen molar-refractivity contribution in [3.8, 4) is 0 Å². The van der Waals surface area contributed by atoms with Crippen molar-refractivity contribution in [2.45, 2.75) is 25.5 Å². The van der Waals surface area contributed by atoms with Gasteiger partial charge in [-0.05, 0) is 37.6 Å². The normalized spacial score (nSPS) is 13.9. The number of carbonyl (C=O) groups excluding carboxylic acids is 1. The minimum atomic E-state index is -1.17. The maximum Gasteiger partial charge on any atom is 0.237 e. The number of benzene rings is 1. The van der Waals surface area contributed by atoms with Crippen molar-refractivity contribution in [1.82, 2.24) is 0 Å². The summed E-state index contributed by atoms with van der Waals surface area (Å²) in [5, 5.41) is 2.70. The first-order chi connectivity index (χ1) is 8.52. The fraction of sp³-hybridized carbons (Fsp3) is 0.462. The summed E-state index contributed by atoms with van der Waals surface area (Å²) in [6.45, 7) is 4.30. The summed E-state index contributed by atoms with van der Waals surface area (Å²) in [5.74, 6) is -0.197. The number of nitrogens with two attached hydrogens (primary N) is 1. The van der Waals surface area contributed by atoms with E-state index in [9.17, 15) is 9.00 Å². The van der Waals surface area contributed by atoms with E-state index >= 15 is 0 Å². The maximum absolute atomic E-state index is 11.8. The van der Waals surface area contributed by atoms with Gasteiger partial charge in [-0.3, -0.25) is 9.00 Å². The summed E-state index contributed by atoms with van der Waals surface area (Å²) < 4.78 is 11.8. The molecule has 1 rings (SSSR count). The van der Waals surface area contributed by atoms with Gasteiger partial charge in [0, 0.05) is 21.7 Å². The summed E-state index contributed by atoms with van der Waals surface area (Å²) in [6.07, 6.45) is 0.671. The summed E-state index contributed by atoms with van der Waals surface area (Å²) >= 11 is 0. The second-order valence-corrected chi connectivity index (χ2v) is 6.19. The molecule has 0 bridgehead atoms. The van der Waals surface area contributed by atoms with E-state index < -0.39 is 10.8 Å². The smallest absolute Gasteiger partial charge is 0.237 e. The van der Waals surface area contributed by atoms with E-state index in [4.69, 9.17) is 5.73 Å². The third-order valence-corrected chi connectivity index (χ3v) is 4.28. The largest absolute Gasteiger partial charge is 0.330 e. The van der Waals surface area contributed by atoms with E-state index in [1.165, 1.54) is 0 Å². The Balaban J connectivity index is 2.49. The second kappa shape index (κ2) is 7.28. The molecule has 1 aromatic carbocycles. The van der Waals surface area contributed by atoms with Gasteiger partial charge < -0.3 is 11.1 Å². The Bertz CT molecular complexity index is 435. The van der Waals surface area contributed by atoms with Crippen molar-refractivity contribution in [2.24, 2.45) is 5.73 Å².